The van der Waals surface area contributed by atoms with Crippen LogP contribution in [0.1, 0.15) is 53.4 Å². The van der Waals surface area contributed by atoms with Gasteiger partial charge in [-0.3, -0.25) is 9.59 Å². The van der Waals surface area contributed by atoms with Crippen molar-refractivity contribution < 1.29 is 19.1 Å². The van der Waals surface area contributed by atoms with E-state index in [9.17, 15) is 4.79 Å². The molecule has 1 aliphatic rings. The molecule has 0 spiro atoms. The number of methoxy groups -OCH3 is 2. The molecule has 0 unspecified atom stereocenters. The summed E-state index contributed by atoms with van der Waals surface area (Å²) in [5.41, 5.74) is 11.9. The van der Waals surface area contributed by atoms with Gasteiger partial charge in [-0.1, -0.05) is 81.8 Å². The Hall–Kier alpha value is -3.56. The molecule has 0 saturated heterocycles. The van der Waals surface area contributed by atoms with Crippen LogP contribution in [-0.4, -0.2) is 56.0 Å². The number of halogens is 2. The third-order valence-corrected chi connectivity index (χ3v) is 6.07. The van der Waals surface area contributed by atoms with Gasteiger partial charge in [-0.15, -0.1) is 6.58 Å². The summed E-state index contributed by atoms with van der Waals surface area (Å²) < 4.78 is 10.6. The second kappa shape index (κ2) is 24.1. The highest BCUT2D eigenvalue weighted by Crippen LogP contribution is 2.46. The fraction of sp³-hybridized carbons (Fsp3) is 0.419. The summed E-state index contributed by atoms with van der Waals surface area (Å²) in [5.74, 6) is 2.24. The first-order valence-corrected chi connectivity index (χ1v) is 14.3. The third kappa shape index (κ3) is 14.9. The van der Waals surface area contributed by atoms with Crippen LogP contribution in [-0.2, 0) is 9.59 Å². The van der Waals surface area contributed by atoms with Crippen molar-refractivity contribution in [2.75, 3.05) is 34.0 Å². The Morgan fingerprint density at radius 2 is 1.48 bits per heavy atom. The van der Waals surface area contributed by atoms with Crippen molar-refractivity contribution in [1.29, 1.82) is 0 Å². The molecule has 9 nitrogen and oxygen atoms in total. The Balaban J connectivity index is 0. The van der Waals surface area contributed by atoms with Gasteiger partial charge in [0.2, 0.25) is 18.8 Å². The molecule has 0 bridgehead atoms. The Bertz CT molecular complexity index is 1170. The number of nitrogens with zero attached hydrogens (tertiary/aromatic N) is 3. The number of carbonyl (C=O) groups is 2. The van der Waals surface area contributed by atoms with Gasteiger partial charge in [0.05, 0.1) is 29.8 Å². The lowest BCUT2D eigenvalue weighted by molar-refractivity contribution is -0.116. The van der Waals surface area contributed by atoms with Crippen molar-refractivity contribution in [2.24, 2.45) is 11.7 Å². The van der Waals surface area contributed by atoms with Gasteiger partial charge in [0.25, 0.3) is 0 Å². The average molecular weight is 625 g/mol. The van der Waals surface area contributed by atoms with Gasteiger partial charge < -0.3 is 25.8 Å². The van der Waals surface area contributed by atoms with E-state index in [2.05, 4.69) is 29.2 Å². The van der Waals surface area contributed by atoms with E-state index >= 15 is 0 Å². The first-order chi connectivity index (χ1) is 20.0. The number of anilines is 1. The summed E-state index contributed by atoms with van der Waals surface area (Å²) in [4.78, 5) is 27.6. The van der Waals surface area contributed by atoms with Crippen LogP contribution < -0.4 is 20.9 Å². The number of allylic oxidation sites excluding steroid dienone is 1. The van der Waals surface area contributed by atoms with E-state index in [1.54, 1.807) is 32.4 Å². The number of nitrogen functional groups attached to an aromatic ring is 1. The molecule has 1 saturated carbocycles. The zero-order valence-electron chi connectivity index (χ0n) is 26.1. The molecule has 2 aromatic carbocycles. The predicted molar refractivity (Wildman–Crippen MR) is 177 cm³/mol. The standard InChI is InChI=1S/C16H13Cl2N3O2.C6H12.C3H7NO.C3H6.C2H6.CH3NO/c1-22-11-6-12(23-2)15(18)13(14(11)17)8-3-4-10-9(5-8)7-20-16(19)21-10;1-6-4-2-3-5-6;1-4(2)3-5;1-3-2;1-2;2-1-3/h3-7H,1-2H3,(H2,19,20,21);6H,2-5H2,1H3;3H,1-2H3;3H,1H2,2H3;1-2H3;1H,(H2,2,3). The number of aromatic nitrogens is 2. The molecule has 1 heterocycles. The summed E-state index contributed by atoms with van der Waals surface area (Å²) in [7, 11) is 6.45. The summed E-state index contributed by atoms with van der Waals surface area (Å²) in [6.07, 6.45) is 10.3. The van der Waals surface area contributed by atoms with E-state index in [4.69, 9.17) is 43.2 Å². The molecular weight excluding hydrogens is 577 g/mol. The van der Waals surface area contributed by atoms with Crippen LogP contribution in [0.15, 0.2) is 43.1 Å². The van der Waals surface area contributed by atoms with E-state index < -0.39 is 0 Å². The zero-order valence-corrected chi connectivity index (χ0v) is 27.6. The van der Waals surface area contributed by atoms with Crippen LogP contribution in [0.2, 0.25) is 10.0 Å². The summed E-state index contributed by atoms with van der Waals surface area (Å²) in [5, 5.41) is 1.65. The largest absolute Gasteiger partial charge is 0.495 e. The molecule has 3 aromatic rings. The summed E-state index contributed by atoms with van der Waals surface area (Å²) in [6, 6.07) is 7.24. The third-order valence-electron chi connectivity index (χ3n) is 5.32. The maximum atomic E-state index is 9.43. The van der Waals surface area contributed by atoms with Crippen LogP contribution in [0.25, 0.3) is 22.0 Å². The van der Waals surface area contributed by atoms with E-state index in [0.717, 1.165) is 28.8 Å². The van der Waals surface area contributed by atoms with Gasteiger partial charge in [-0.2, -0.15) is 0 Å². The molecule has 234 valence electrons. The zero-order chi connectivity index (χ0) is 32.7. The molecular formula is C31H47Cl2N5O4. The van der Waals surface area contributed by atoms with Crippen molar-refractivity contribution >= 4 is 52.9 Å². The second-order valence-corrected chi connectivity index (χ2v) is 9.54. The summed E-state index contributed by atoms with van der Waals surface area (Å²) in [6.45, 7) is 11.6. The smallest absolute Gasteiger partial charge is 0.220 e. The minimum absolute atomic E-state index is 0.226. The van der Waals surface area contributed by atoms with Crippen LogP contribution >= 0.6 is 23.2 Å². The highest BCUT2D eigenvalue weighted by molar-refractivity contribution is 6.41. The van der Waals surface area contributed by atoms with Crippen LogP contribution in [0.3, 0.4) is 0 Å². The topological polar surface area (TPSA) is 134 Å². The number of fused-ring (bicyclic) bond motifs is 1. The highest BCUT2D eigenvalue weighted by Gasteiger charge is 2.19. The SMILES string of the molecule is C=CC.CC.CC1CCCC1.CN(C)C=O.COc1cc(OC)c(Cl)c(-c2ccc3nc(N)ncc3c2)c1Cl.NC=O. The fourth-order valence-corrected chi connectivity index (χ4v) is 4.19. The van der Waals surface area contributed by atoms with Crippen molar-refractivity contribution in [3.05, 3.63) is 53.2 Å². The van der Waals surface area contributed by atoms with Crippen molar-refractivity contribution in [3.8, 4) is 22.6 Å². The van der Waals surface area contributed by atoms with E-state index in [1.807, 2.05) is 39.0 Å². The number of nitrogens with two attached hydrogens (primary N) is 2. The quantitative estimate of drug-likeness (QED) is 0.228. The molecule has 2 amide bonds. The Labute approximate surface area is 261 Å². The minimum atomic E-state index is 0.226. The van der Waals surface area contributed by atoms with Gasteiger partial charge in [0.1, 0.15) is 11.5 Å². The van der Waals surface area contributed by atoms with E-state index in [0.29, 0.717) is 27.1 Å². The van der Waals surface area contributed by atoms with E-state index in [-0.39, 0.29) is 12.4 Å². The van der Waals surface area contributed by atoms with Gasteiger partial charge in [-0.05, 0) is 30.5 Å². The van der Waals surface area contributed by atoms with Gasteiger partial charge >= 0.3 is 0 Å². The lowest BCUT2D eigenvalue weighted by Crippen LogP contribution is -2.06. The van der Waals surface area contributed by atoms with Crippen molar-refractivity contribution in [2.45, 2.75) is 53.4 Å². The molecule has 4 rings (SSSR count). The Morgan fingerprint density at radius 1 is 1.02 bits per heavy atom. The number of carbonyl (C=O) groups excluding carboxylic acids is 2. The first-order valence-electron chi connectivity index (χ1n) is 13.5. The fourth-order valence-electron chi connectivity index (χ4n) is 3.47. The molecule has 0 atom stereocenters. The molecule has 0 aliphatic heterocycles. The minimum Gasteiger partial charge on any atom is -0.495 e. The second-order valence-electron chi connectivity index (χ2n) is 8.79. The van der Waals surface area contributed by atoms with Gasteiger partial charge in [-0.25, -0.2) is 9.97 Å². The Kier molecular flexibility index (Phi) is 23.3. The Morgan fingerprint density at radius 3 is 1.83 bits per heavy atom. The number of rotatable bonds is 4. The molecule has 11 heteroatoms. The summed E-state index contributed by atoms with van der Waals surface area (Å²) >= 11 is 12.9. The van der Waals surface area contributed by atoms with E-state index in [1.165, 1.54) is 44.8 Å². The molecule has 1 fully saturated rings. The predicted octanol–water partition coefficient (Wildman–Crippen LogP) is 7.42. The number of hydrogen-bond donors (Lipinski definition) is 2. The molecule has 0 radical (unpaired) electrons. The normalized spacial score (nSPS) is 11.1. The molecule has 42 heavy (non-hydrogen) atoms. The number of benzene rings is 2. The maximum absolute atomic E-state index is 9.43. The monoisotopic (exact) mass is 623 g/mol. The van der Waals surface area contributed by atoms with Crippen LogP contribution in [0.5, 0.6) is 11.5 Å². The first kappa shape index (κ1) is 40.6. The number of ether oxygens (including phenoxy) is 2. The van der Waals surface area contributed by atoms with Gasteiger partial charge in [0, 0.05) is 37.3 Å². The maximum Gasteiger partial charge on any atom is 0.220 e. The number of amides is 2. The van der Waals surface area contributed by atoms with Gasteiger partial charge in [0.15, 0.2) is 0 Å². The molecule has 1 aliphatic carbocycles. The molecule has 1 aromatic heterocycles. The van der Waals surface area contributed by atoms with Crippen LogP contribution in [0, 0.1) is 5.92 Å². The average Bonchev–Trinajstić information content (AvgIpc) is 3.46. The highest BCUT2D eigenvalue weighted by atomic mass is 35.5. The lowest BCUT2D eigenvalue weighted by Gasteiger charge is -2.15. The molecule has 4 N–H and O–H groups in total. The number of hydrogen-bond acceptors (Lipinski definition) is 7. The lowest BCUT2D eigenvalue weighted by atomic mass is 10.0. The van der Waals surface area contributed by atoms with Crippen molar-refractivity contribution in [1.82, 2.24) is 14.9 Å². The van der Waals surface area contributed by atoms with Crippen LogP contribution in [0.4, 0.5) is 5.95 Å². The number of primary amides is 1. The van der Waals surface area contributed by atoms with Crippen molar-refractivity contribution in [3.63, 3.8) is 0 Å².